The van der Waals surface area contributed by atoms with Crippen molar-refractivity contribution >= 4 is 27.3 Å². The predicted molar refractivity (Wildman–Crippen MR) is 103 cm³/mol. The smallest absolute Gasteiger partial charge is 0.123 e. The Morgan fingerprint density at radius 3 is 2.00 bits per heavy atom. The third kappa shape index (κ3) is 3.40. The number of rotatable bonds is 3. The van der Waals surface area contributed by atoms with E-state index in [0.29, 0.717) is 6.42 Å². The van der Waals surface area contributed by atoms with Crippen molar-refractivity contribution in [2.75, 3.05) is 5.01 Å². The highest BCUT2D eigenvalue weighted by Crippen LogP contribution is 2.37. The van der Waals surface area contributed by atoms with E-state index in [9.17, 15) is 8.78 Å². The van der Waals surface area contributed by atoms with Gasteiger partial charge in [-0.3, -0.25) is 5.01 Å². The molecule has 0 radical (unpaired) electrons. The van der Waals surface area contributed by atoms with Gasteiger partial charge in [0.1, 0.15) is 11.6 Å². The molecule has 4 rings (SSSR count). The van der Waals surface area contributed by atoms with E-state index in [1.165, 1.54) is 24.3 Å². The zero-order valence-electron chi connectivity index (χ0n) is 13.7. The van der Waals surface area contributed by atoms with Crippen molar-refractivity contribution in [3.05, 3.63) is 100 Å². The summed E-state index contributed by atoms with van der Waals surface area (Å²) in [6.07, 6.45) is 0.660. The van der Waals surface area contributed by atoms with Gasteiger partial charge in [-0.05, 0) is 59.7 Å². The minimum atomic E-state index is -0.271. The Balaban J connectivity index is 1.74. The second-order valence-electron chi connectivity index (χ2n) is 6.15. The van der Waals surface area contributed by atoms with Crippen LogP contribution in [0.1, 0.15) is 23.6 Å². The van der Waals surface area contributed by atoms with E-state index >= 15 is 0 Å². The molecular weight excluding hydrogens is 398 g/mol. The summed E-state index contributed by atoms with van der Waals surface area (Å²) in [7, 11) is 0. The number of anilines is 1. The number of benzene rings is 3. The van der Waals surface area contributed by atoms with Crippen molar-refractivity contribution < 1.29 is 8.78 Å². The van der Waals surface area contributed by atoms with Gasteiger partial charge in [0, 0.05) is 10.9 Å². The van der Waals surface area contributed by atoms with Crippen LogP contribution in [0.15, 0.2) is 82.4 Å². The summed E-state index contributed by atoms with van der Waals surface area (Å²) in [5.74, 6) is -0.534. The number of hydrogen-bond acceptors (Lipinski definition) is 2. The molecule has 0 amide bonds. The van der Waals surface area contributed by atoms with Crippen LogP contribution in [0.2, 0.25) is 0 Å². The van der Waals surface area contributed by atoms with Crippen molar-refractivity contribution in [2.45, 2.75) is 12.5 Å². The second kappa shape index (κ2) is 7.00. The monoisotopic (exact) mass is 412 g/mol. The topological polar surface area (TPSA) is 15.6 Å². The molecule has 26 heavy (non-hydrogen) atoms. The van der Waals surface area contributed by atoms with Gasteiger partial charge in [-0.15, -0.1) is 0 Å². The fourth-order valence-corrected chi connectivity index (χ4v) is 3.37. The first-order chi connectivity index (χ1) is 12.6. The minimum absolute atomic E-state index is 0.0446. The minimum Gasteiger partial charge on any atom is -0.257 e. The molecule has 0 aliphatic carbocycles. The summed E-state index contributed by atoms with van der Waals surface area (Å²) in [6.45, 7) is 0. The second-order valence-corrected chi connectivity index (χ2v) is 7.06. The molecule has 1 heterocycles. The van der Waals surface area contributed by atoms with Gasteiger partial charge < -0.3 is 0 Å². The molecule has 3 aromatic rings. The van der Waals surface area contributed by atoms with Gasteiger partial charge >= 0.3 is 0 Å². The molecule has 0 fully saturated rings. The summed E-state index contributed by atoms with van der Waals surface area (Å²) in [6, 6.07) is 20.7. The van der Waals surface area contributed by atoms with Crippen LogP contribution in [0, 0.1) is 11.6 Å². The lowest BCUT2D eigenvalue weighted by atomic mass is 9.98. The van der Waals surface area contributed by atoms with E-state index in [4.69, 9.17) is 5.10 Å². The molecule has 2 nitrogen and oxygen atoms in total. The summed E-state index contributed by atoms with van der Waals surface area (Å²) in [4.78, 5) is 0. The molecule has 0 aromatic heterocycles. The molecule has 0 spiro atoms. The zero-order chi connectivity index (χ0) is 18.1. The first-order valence-electron chi connectivity index (χ1n) is 8.24. The third-order valence-corrected chi connectivity index (χ3v) is 4.96. The van der Waals surface area contributed by atoms with Crippen molar-refractivity contribution in [1.82, 2.24) is 0 Å². The summed E-state index contributed by atoms with van der Waals surface area (Å²) in [5, 5.41) is 6.73. The molecule has 0 bridgehead atoms. The average Bonchev–Trinajstić information content (AvgIpc) is 3.09. The Bertz CT molecular complexity index is 935. The first-order valence-corrected chi connectivity index (χ1v) is 9.03. The van der Waals surface area contributed by atoms with E-state index in [0.717, 1.165) is 27.0 Å². The lowest BCUT2D eigenvalue weighted by molar-refractivity contribution is 0.624. The van der Waals surface area contributed by atoms with Crippen LogP contribution < -0.4 is 5.01 Å². The van der Waals surface area contributed by atoms with Gasteiger partial charge in [0.05, 0.1) is 17.4 Å². The quantitative estimate of drug-likeness (QED) is 0.508. The molecule has 0 saturated heterocycles. The Hall–Kier alpha value is -2.53. The van der Waals surface area contributed by atoms with Crippen LogP contribution in [0.4, 0.5) is 14.5 Å². The Kier molecular flexibility index (Phi) is 4.55. The van der Waals surface area contributed by atoms with E-state index in [2.05, 4.69) is 15.9 Å². The van der Waals surface area contributed by atoms with E-state index in [1.807, 2.05) is 29.3 Å². The highest BCUT2D eigenvalue weighted by atomic mass is 79.9. The van der Waals surface area contributed by atoms with Gasteiger partial charge in [0.2, 0.25) is 0 Å². The maximum atomic E-state index is 13.3. The SMILES string of the molecule is Fc1ccc(C2=NN(c3ccc(Br)cc3)[C@H](c3ccc(F)cc3)C2)cc1. The molecule has 3 aromatic carbocycles. The van der Waals surface area contributed by atoms with Gasteiger partial charge in [0.15, 0.2) is 0 Å². The first kappa shape index (κ1) is 16.9. The Morgan fingerprint density at radius 1 is 0.808 bits per heavy atom. The maximum Gasteiger partial charge on any atom is 0.123 e. The van der Waals surface area contributed by atoms with Crippen LogP contribution in [0.5, 0.6) is 0 Å². The van der Waals surface area contributed by atoms with E-state index < -0.39 is 0 Å². The van der Waals surface area contributed by atoms with Crippen molar-refractivity contribution in [2.24, 2.45) is 5.10 Å². The highest BCUT2D eigenvalue weighted by Gasteiger charge is 2.29. The van der Waals surface area contributed by atoms with Gasteiger partial charge in [-0.1, -0.05) is 40.2 Å². The molecule has 1 aliphatic heterocycles. The fourth-order valence-electron chi connectivity index (χ4n) is 3.10. The van der Waals surface area contributed by atoms with Gasteiger partial charge in [-0.25, -0.2) is 8.78 Å². The molecule has 5 heteroatoms. The summed E-state index contributed by atoms with van der Waals surface area (Å²) in [5.41, 5.74) is 3.69. The number of nitrogens with zero attached hydrogens (tertiary/aromatic N) is 2. The van der Waals surface area contributed by atoms with E-state index in [-0.39, 0.29) is 17.7 Å². The molecule has 1 atom stereocenters. The number of hydrazone groups is 1. The van der Waals surface area contributed by atoms with Gasteiger partial charge in [-0.2, -0.15) is 5.10 Å². The van der Waals surface area contributed by atoms with Crippen molar-refractivity contribution in [3.8, 4) is 0 Å². The lowest BCUT2D eigenvalue weighted by Gasteiger charge is -2.24. The molecule has 0 unspecified atom stereocenters. The van der Waals surface area contributed by atoms with Crippen molar-refractivity contribution in [3.63, 3.8) is 0 Å². The molecule has 1 aliphatic rings. The maximum absolute atomic E-state index is 13.3. The predicted octanol–water partition coefficient (Wildman–Crippen LogP) is 6.08. The van der Waals surface area contributed by atoms with Crippen LogP contribution >= 0.6 is 15.9 Å². The van der Waals surface area contributed by atoms with Crippen LogP contribution in [0.3, 0.4) is 0 Å². The standard InChI is InChI=1S/C21H15BrF2N2/c22-16-5-11-19(12-6-16)26-21(15-3-9-18(24)10-4-15)13-20(25-26)14-1-7-17(23)8-2-14/h1-12,21H,13H2/t21-/m0/s1. The van der Waals surface area contributed by atoms with Crippen LogP contribution in [-0.2, 0) is 0 Å². The van der Waals surface area contributed by atoms with Gasteiger partial charge in [0.25, 0.3) is 0 Å². The molecular formula is C21H15BrF2N2. The van der Waals surface area contributed by atoms with E-state index in [1.54, 1.807) is 24.3 Å². The van der Waals surface area contributed by atoms with Crippen LogP contribution in [-0.4, -0.2) is 5.71 Å². The Morgan fingerprint density at radius 2 is 1.38 bits per heavy atom. The summed E-state index contributed by atoms with van der Waals surface area (Å²) >= 11 is 3.45. The Labute approximate surface area is 158 Å². The molecule has 130 valence electrons. The largest absolute Gasteiger partial charge is 0.257 e. The molecule has 0 N–H and O–H groups in total. The third-order valence-electron chi connectivity index (χ3n) is 4.43. The highest BCUT2D eigenvalue weighted by molar-refractivity contribution is 9.10. The summed E-state index contributed by atoms with van der Waals surface area (Å²) < 4.78 is 27.6. The van der Waals surface area contributed by atoms with Crippen molar-refractivity contribution in [1.29, 1.82) is 0 Å². The van der Waals surface area contributed by atoms with Crippen LogP contribution in [0.25, 0.3) is 0 Å². The average molecular weight is 413 g/mol. The normalized spacial score (nSPS) is 16.7. The fraction of sp³-hybridized carbons (Fsp3) is 0.0952. The lowest BCUT2D eigenvalue weighted by Crippen LogP contribution is -2.18. The number of halogens is 3. The molecule has 0 saturated carbocycles. The number of hydrogen-bond donors (Lipinski definition) is 0. The zero-order valence-corrected chi connectivity index (χ0v) is 15.3.